The molecule has 6 nitrogen and oxygen atoms in total. The van der Waals surface area contributed by atoms with E-state index in [-0.39, 0.29) is 6.04 Å². The summed E-state index contributed by atoms with van der Waals surface area (Å²) in [5, 5.41) is 0. The van der Waals surface area contributed by atoms with Crippen molar-refractivity contribution in [2.45, 2.75) is 26.4 Å². The average Bonchev–Trinajstić information content (AvgIpc) is 2.86. The quantitative estimate of drug-likeness (QED) is 0.342. The molecule has 1 aromatic rings. The predicted molar refractivity (Wildman–Crippen MR) is 70.9 cm³/mol. The number of guanidine groups is 1. The Kier molecular flexibility index (Phi) is 6.24. The van der Waals surface area contributed by atoms with E-state index >= 15 is 0 Å². The smallest absolute Gasteiger partial charge is 0.209 e. The van der Waals surface area contributed by atoms with E-state index in [9.17, 15) is 0 Å². The molecular weight excluding hydrogens is 232 g/mol. The fraction of sp³-hybridized carbons (Fsp3) is 0.583. The Morgan fingerprint density at radius 3 is 2.94 bits per heavy atom. The number of hydrogen-bond donors (Lipinski definition) is 2. The minimum absolute atomic E-state index is 0.0479. The van der Waals surface area contributed by atoms with Crippen molar-refractivity contribution in [1.29, 1.82) is 0 Å². The first kappa shape index (κ1) is 14.5. The van der Waals surface area contributed by atoms with Gasteiger partial charge >= 0.3 is 0 Å². The molecule has 0 bridgehead atoms. The van der Waals surface area contributed by atoms with Crippen LogP contribution in [-0.4, -0.2) is 37.2 Å². The van der Waals surface area contributed by atoms with Gasteiger partial charge < -0.3 is 14.1 Å². The second-order valence-electron chi connectivity index (χ2n) is 3.99. The molecule has 3 N–H and O–H groups in total. The lowest BCUT2D eigenvalue weighted by Crippen LogP contribution is -2.45. The fourth-order valence-corrected chi connectivity index (χ4v) is 1.62. The number of furan rings is 1. The van der Waals surface area contributed by atoms with Crippen molar-refractivity contribution in [2.24, 2.45) is 10.8 Å². The number of rotatable bonds is 6. The van der Waals surface area contributed by atoms with Crippen LogP contribution in [0.15, 0.2) is 27.8 Å². The van der Waals surface area contributed by atoms with Gasteiger partial charge in [0.25, 0.3) is 0 Å². The molecular formula is C12H22N4O2. The number of ether oxygens (including phenoxy) is 1. The Morgan fingerprint density at radius 2 is 2.44 bits per heavy atom. The summed E-state index contributed by atoms with van der Waals surface area (Å²) in [7, 11) is 1.65. The number of hydrazine groups is 1. The van der Waals surface area contributed by atoms with Crippen LogP contribution < -0.4 is 11.3 Å². The van der Waals surface area contributed by atoms with Gasteiger partial charge in [-0.3, -0.25) is 5.43 Å². The maximum atomic E-state index is 5.53. The summed E-state index contributed by atoms with van der Waals surface area (Å²) in [6, 6.07) is 3.84. The molecule has 0 aromatic carbocycles. The molecule has 1 aromatic heterocycles. The first-order valence-electron chi connectivity index (χ1n) is 6.01. The van der Waals surface area contributed by atoms with Crippen LogP contribution in [0.1, 0.15) is 19.6 Å². The number of nitrogens with one attached hydrogen (secondary N) is 1. The molecule has 1 rings (SSSR count). The van der Waals surface area contributed by atoms with E-state index in [1.54, 1.807) is 13.4 Å². The lowest BCUT2D eigenvalue weighted by molar-refractivity contribution is 0.185. The zero-order valence-corrected chi connectivity index (χ0v) is 11.2. The highest BCUT2D eigenvalue weighted by Crippen LogP contribution is 2.06. The molecule has 0 amide bonds. The van der Waals surface area contributed by atoms with Crippen molar-refractivity contribution in [3.63, 3.8) is 0 Å². The van der Waals surface area contributed by atoms with E-state index in [1.165, 1.54) is 0 Å². The number of nitrogens with zero attached hydrogens (tertiary/aromatic N) is 2. The summed E-state index contributed by atoms with van der Waals surface area (Å²) >= 11 is 0. The van der Waals surface area contributed by atoms with Gasteiger partial charge in [-0.2, -0.15) is 0 Å². The maximum absolute atomic E-state index is 5.53. The topological polar surface area (TPSA) is 76.0 Å². The van der Waals surface area contributed by atoms with Gasteiger partial charge in [0, 0.05) is 13.7 Å². The third-order valence-electron chi connectivity index (χ3n) is 2.49. The third-order valence-corrected chi connectivity index (χ3v) is 2.49. The summed E-state index contributed by atoms with van der Waals surface area (Å²) < 4.78 is 10.4. The van der Waals surface area contributed by atoms with Crippen molar-refractivity contribution in [3.05, 3.63) is 24.2 Å². The van der Waals surface area contributed by atoms with Crippen LogP contribution in [0, 0.1) is 0 Å². The molecule has 0 saturated heterocycles. The SMILES string of the molecule is CCN(Cc1ccco1)C(=NC(C)COC)NN. The molecule has 0 aliphatic rings. The molecule has 0 aliphatic heterocycles. The van der Waals surface area contributed by atoms with E-state index in [2.05, 4.69) is 10.4 Å². The van der Waals surface area contributed by atoms with Crippen molar-refractivity contribution in [3.8, 4) is 0 Å². The molecule has 102 valence electrons. The van der Waals surface area contributed by atoms with Gasteiger partial charge in [0.05, 0.1) is 25.5 Å². The van der Waals surface area contributed by atoms with Gasteiger partial charge in [-0.1, -0.05) is 0 Å². The van der Waals surface area contributed by atoms with Crippen LogP contribution in [-0.2, 0) is 11.3 Å². The fourth-order valence-electron chi connectivity index (χ4n) is 1.62. The monoisotopic (exact) mass is 254 g/mol. The van der Waals surface area contributed by atoms with E-state index in [0.717, 1.165) is 12.3 Å². The number of aliphatic imine (C=N–C) groups is 1. The van der Waals surface area contributed by atoms with E-state index in [0.29, 0.717) is 19.1 Å². The minimum Gasteiger partial charge on any atom is -0.467 e. The number of methoxy groups -OCH3 is 1. The molecule has 0 saturated carbocycles. The van der Waals surface area contributed by atoms with Gasteiger partial charge in [0.2, 0.25) is 5.96 Å². The Hall–Kier alpha value is -1.53. The third kappa shape index (κ3) is 4.38. The standard InChI is InChI=1S/C12H22N4O2/c1-4-16(8-11-6-5-7-18-11)12(15-13)14-10(2)9-17-3/h5-7,10H,4,8-9,13H2,1-3H3,(H,14,15). The van der Waals surface area contributed by atoms with Gasteiger partial charge in [-0.05, 0) is 26.0 Å². The van der Waals surface area contributed by atoms with Crippen LogP contribution in [0.3, 0.4) is 0 Å². The molecule has 0 fully saturated rings. The first-order valence-corrected chi connectivity index (χ1v) is 6.01. The van der Waals surface area contributed by atoms with Crippen LogP contribution in [0.2, 0.25) is 0 Å². The highest BCUT2D eigenvalue weighted by atomic mass is 16.5. The Morgan fingerprint density at radius 1 is 1.67 bits per heavy atom. The van der Waals surface area contributed by atoms with Crippen molar-refractivity contribution in [2.75, 3.05) is 20.3 Å². The van der Waals surface area contributed by atoms with E-state index in [4.69, 9.17) is 15.0 Å². The molecule has 1 atom stereocenters. The van der Waals surface area contributed by atoms with Crippen LogP contribution >= 0.6 is 0 Å². The zero-order chi connectivity index (χ0) is 13.4. The Bertz CT molecular complexity index is 351. The summed E-state index contributed by atoms with van der Waals surface area (Å²) in [6.07, 6.45) is 1.66. The van der Waals surface area contributed by atoms with E-state index in [1.807, 2.05) is 30.9 Å². The van der Waals surface area contributed by atoms with Gasteiger partial charge in [-0.15, -0.1) is 0 Å². The molecule has 0 radical (unpaired) electrons. The highest BCUT2D eigenvalue weighted by molar-refractivity contribution is 5.79. The van der Waals surface area contributed by atoms with Crippen molar-refractivity contribution in [1.82, 2.24) is 10.3 Å². The second-order valence-corrected chi connectivity index (χ2v) is 3.99. The molecule has 18 heavy (non-hydrogen) atoms. The summed E-state index contributed by atoms with van der Waals surface area (Å²) in [6.45, 7) is 5.98. The molecule has 1 heterocycles. The second kappa shape index (κ2) is 7.73. The minimum atomic E-state index is 0.0479. The number of hydrogen-bond acceptors (Lipinski definition) is 4. The molecule has 1 unspecified atom stereocenters. The molecule has 6 heteroatoms. The van der Waals surface area contributed by atoms with Crippen LogP contribution in [0.25, 0.3) is 0 Å². The Balaban J connectivity index is 2.70. The van der Waals surface area contributed by atoms with E-state index < -0.39 is 0 Å². The first-order chi connectivity index (χ1) is 8.71. The summed E-state index contributed by atoms with van der Waals surface area (Å²) in [5.41, 5.74) is 2.63. The predicted octanol–water partition coefficient (Wildman–Crippen LogP) is 0.956. The maximum Gasteiger partial charge on any atom is 0.209 e. The molecule has 0 spiro atoms. The van der Waals surface area contributed by atoms with Crippen molar-refractivity contribution >= 4 is 5.96 Å². The van der Waals surface area contributed by atoms with Crippen LogP contribution in [0.4, 0.5) is 0 Å². The normalized spacial score (nSPS) is 13.4. The van der Waals surface area contributed by atoms with Crippen molar-refractivity contribution < 1.29 is 9.15 Å². The summed E-state index contributed by atoms with van der Waals surface area (Å²) in [5.74, 6) is 7.04. The Labute approximate surface area is 108 Å². The lowest BCUT2D eigenvalue weighted by atomic mass is 10.4. The summed E-state index contributed by atoms with van der Waals surface area (Å²) in [4.78, 5) is 6.48. The number of nitrogens with two attached hydrogens (primary N) is 1. The lowest BCUT2D eigenvalue weighted by Gasteiger charge is -2.24. The van der Waals surface area contributed by atoms with Gasteiger partial charge in [0.15, 0.2) is 0 Å². The molecule has 0 aliphatic carbocycles. The largest absolute Gasteiger partial charge is 0.467 e. The van der Waals surface area contributed by atoms with Gasteiger partial charge in [0.1, 0.15) is 5.76 Å². The van der Waals surface area contributed by atoms with Crippen LogP contribution in [0.5, 0.6) is 0 Å². The zero-order valence-electron chi connectivity index (χ0n) is 11.2. The average molecular weight is 254 g/mol. The highest BCUT2D eigenvalue weighted by Gasteiger charge is 2.12. The van der Waals surface area contributed by atoms with Gasteiger partial charge in [-0.25, -0.2) is 10.8 Å².